The smallest absolute Gasteiger partial charge is 0.327 e. The van der Waals surface area contributed by atoms with Crippen LogP contribution < -0.4 is 5.32 Å². The molecule has 2 saturated heterocycles. The number of hydrogen-bond acceptors (Lipinski definition) is 4. The molecule has 2 atom stereocenters. The van der Waals surface area contributed by atoms with E-state index in [1.807, 2.05) is 6.92 Å². The first-order chi connectivity index (χ1) is 9.52. The number of rotatable bonds is 4. The van der Waals surface area contributed by atoms with Crippen LogP contribution in [0, 0.1) is 5.41 Å². The van der Waals surface area contributed by atoms with Crippen molar-refractivity contribution in [1.29, 1.82) is 0 Å². The van der Waals surface area contributed by atoms with E-state index in [9.17, 15) is 14.7 Å². The van der Waals surface area contributed by atoms with Crippen LogP contribution >= 0.6 is 11.8 Å². The van der Waals surface area contributed by atoms with E-state index < -0.39 is 12.0 Å². The number of carboxylic acid groups (broad SMARTS) is 1. The van der Waals surface area contributed by atoms with Gasteiger partial charge in [0.1, 0.15) is 6.04 Å². The Labute approximate surface area is 124 Å². The summed E-state index contributed by atoms with van der Waals surface area (Å²) in [4.78, 5) is 26.1. The molecular formula is C14H24N2O3S. The monoisotopic (exact) mass is 300 g/mol. The molecule has 5 nitrogen and oxygen atoms in total. The summed E-state index contributed by atoms with van der Waals surface area (Å²) in [5, 5.41) is 12.6. The van der Waals surface area contributed by atoms with Crippen molar-refractivity contribution in [1.82, 2.24) is 10.2 Å². The fourth-order valence-electron chi connectivity index (χ4n) is 3.37. The molecule has 2 unspecified atom stereocenters. The highest BCUT2D eigenvalue weighted by atomic mass is 32.2. The van der Waals surface area contributed by atoms with Gasteiger partial charge in [-0.25, -0.2) is 4.79 Å². The highest BCUT2D eigenvalue weighted by Gasteiger charge is 2.48. The third-order valence-corrected chi connectivity index (χ3v) is 5.70. The third kappa shape index (κ3) is 2.81. The molecule has 0 spiro atoms. The van der Waals surface area contributed by atoms with Gasteiger partial charge in [-0.15, -0.1) is 11.8 Å². The second-order valence-corrected chi connectivity index (χ2v) is 7.13. The molecule has 0 aliphatic carbocycles. The maximum absolute atomic E-state index is 13.1. The Morgan fingerprint density at radius 2 is 2.05 bits per heavy atom. The molecule has 114 valence electrons. The number of piperidine rings is 1. The fraction of sp³-hybridized carbons (Fsp3) is 0.857. The predicted molar refractivity (Wildman–Crippen MR) is 79.6 cm³/mol. The first kappa shape index (κ1) is 15.6. The molecule has 1 amide bonds. The van der Waals surface area contributed by atoms with Gasteiger partial charge in [-0.2, -0.15) is 0 Å². The molecule has 2 heterocycles. The van der Waals surface area contributed by atoms with Crippen molar-refractivity contribution in [2.75, 3.05) is 18.8 Å². The standard InChI is InChI=1S/C14H24N2O3S/c1-3-4-14(5-7-15-8-6-14)13(19)16-10(2)20-9-11(16)12(17)18/h10-11,15H,3-9H2,1-2H3,(H,17,18). The molecule has 0 saturated carbocycles. The lowest BCUT2D eigenvalue weighted by Gasteiger charge is -2.41. The molecule has 0 aromatic carbocycles. The zero-order valence-corrected chi connectivity index (χ0v) is 13.0. The molecule has 2 rings (SSSR count). The molecule has 2 fully saturated rings. The molecule has 0 bridgehead atoms. The molecular weight excluding hydrogens is 276 g/mol. The largest absolute Gasteiger partial charge is 0.480 e. The van der Waals surface area contributed by atoms with Gasteiger partial charge in [0.25, 0.3) is 0 Å². The van der Waals surface area contributed by atoms with E-state index in [4.69, 9.17) is 0 Å². The number of carbonyl (C=O) groups excluding carboxylic acids is 1. The van der Waals surface area contributed by atoms with Crippen LogP contribution in [0.3, 0.4) is 0 Å². The van der Waals surface area contributed by atoms with Gasteiger partial charge in [-0.1, -0.05) is 13.3 Å². The Balaban J connectivity index is 2.23. The highest BCUT2D eigenvalue weighted by Crippen LogP contribution is 2.40. The normalized spacial score (nSPS) is 29.4. The summed E-state index contributed by atoms with van der Waals surface area (Å²) in [6.07, 6.45) is 3.45. The van der Waals surface area contributed by atoms with Crippen molar-refractivity contribution in [3.63, 3.8) is 0 Å². The molecule has 2 aliphatic rings. The average Bonchev–Trinajstić information content (AvgIpc) is 2.81. The minimum atomic E-state index is -0.879. The number of hydrogen-bond donors (Lipinski definition) is 2. The van der Waals surface area contributed by atoms with Crippen molar-refractivity contribution < 1.29 is 14.7 Å². The second-order valence-electron chi connectivity index (χ2n) is 5.78. The van der Waals surface area contributed by atoms with Crippen molar-refractivity contribution in [3.05, 3.63) is 0 Å². The lowest BCUT2D eigenvalue weighted by atomic mass is 9.74. The lowest BCUT2D eigenvalue weighted by Crippen LogP contribution is -2.54. The zero-order valence-electron chi connectivity index (χ0n) is 12.2. The van der Waals surface area contributed by atoms with Crippen LogP contribution in [0.1, 0.15) is 39.5 Å². The van der Waals surface area contributed by atoms with Gasteiger partial charge in [0.2, 0.25) is 5.91 Å². The minimum Gasteiger partial charge on any atom is -0.480 e. The Hall–Kier alpha value is -0.750. The van der Waals surface area contributed by atoms with Crippen molar-refractivity contribution in [3.8, 4) is 0 Å². The molecule has 0 aromatic rings. The van der Waals surface area contributed by atoms with Crippen LogP contribution in [0.5, 0.6) is 0 Å². The highest BCUT2D eigenvalue weighted by molar-refractivity contribution is 8.00. The van der Waals surface area contributed by atoms with Crippen LogP contribution in [-0.2, 0) is 9.59 Å². The van der Waals surface area contributed by atoms with Gasteiger partial charge in [0, 0.05) is 5.75 Å². The Bertz CT molecular complexity index is 377. The Morgan fingerprint density at radius 1 is 1.40 bits per heavy atom. The molecule has 20 heavy (non-hydrogen) atoms. The van der Waals surface area contributed by atoms with Gasteiger partial charge in [0.15, 0.2) is 0 Å². The zero-order chi connectivity index (χ0) is 14.8. The number of nitrogens with zero attached hydrogens (tertiary/aromatic N) is 1. The van der Waals surface area contributed by atoms with Gasteiger partial charge < -0.3 is 15.3 Å². The Kier molecular flexibility index (Phi) is 4.96. The second kappa shape index (κ2) is 6.35. The van der Waals surface area contributed by atoms with Crippen molar-refractivity contribution in [2.45, 2.75) is 50.9 Å². The average molecular weight is 300 g/mol. The summed E-state index contributed by atoms with van der Waals surface area (Å²) >= 11 is 1.56. The molecule has 0 radical (unpaired) electrons. The summed E-state index contributed by atoms with van der Waals surface area (Å²) in [6.45, 7) is 5.72. The summed E-state index contributed by atoms with van der Waals surface area (Å²) in [5.41, 5.74) is -0.354. The number of aliphatic carboxylic acids is 1. The van der Waals surface area contributed by atoms with Crippen molar-refractivity contribution >= 4 is 23.6 Å². The number of carbonyl (C=O) groups is 2. The van der Waals surface area contributed by atoms with Crippen LogP contribution in [0.2, 0.25) is 0 Å². The number of amides is 1. The summed E-state index contributed by atoms with van der Waals surface area (Å²) < 4.78 is 0. The van der Waals surface area contributed by atoms with Gasteiger partial charge in [0.05, 0.1) is 10.8 Å². The van der Waals surface area contributed by atoms with Crippen LogP contribution in [0.4, 0.5) is 0 Å². The van der Waals surface area contributed by atoms with Gasteiger partial charge in [-0.3, -0.25) is 4.79 Å². The molecule has 2 aliphatic heterocycles. The maximum Gasteiger partial charge on any atom is 0.327 e. The molecule has 0 aromatic heterocycles. The summed E-state index contributed by atoms with van der Waals surface area (Å²) in [7, 11) is 0. The lowest BCUT2D eigenvalue weighted by molar-refractivity contribution is -0.155. The van der Waals surface area contributed by atoms with E-state index in [-0.39, 0.29) is 16.7 Å². The van der Waals surface area contributed by atoms with Crippen LogP contribution in [-0.4, -0.2) is 52.1 Å². The molecule has 2 N–H and O–H groups in total. The van der Waals surface area contributed by atoms with E-state index in [2.05, 4.69) is 12.2 Å². The minimum absolute atomic E-state index is 0.0350. The quantitative estimate of drug-likeness (QED) is 0.824. The SMILES string of the molecule is CCCC1(C(=O)N2C(C)SCC2C(=O)O)CCNCC1. The van der Waals surface area contributed by atoms with E-state index in [0.717, 1.165) is 38.8 Å². The predicted octanol–water partition coefficient (Wildman–Crippen LogP) is 1.53. The van der Waals surface area contributed by atoms with E-state index in [1.165, 1.54) is 0 Å². The topological polar surface area (TPSA) is 69.6 Å². The third-order valence-electron chi connectivity index (χ3n) is 4.49. The van der Waals surface area contributed by atoms with Gasteiger partial charge >= 0.3 is 5.97 Å². The first-order valence-electron chi connectivity index (χ1n) is 7.40. The van der Waals surface area contributed by atoms with E-state index >= 15 is 0 Å². The van der Waals surface area contributed by atoms with Gasteiger partial charge in [-0.05, 0) is 39.3 Å². The molecule has 6 heteroatoms. The number of thioether (sulfide) groups is 1. The Morgan fingerprint density at radius 3 is 2.60 bits per heavy atom. The maximum atomic E-state index is 13.1. The van der Waals surface area contributed by atoms with Crippen LogP contribution in [0.25, 0.3) is 0 Å². The van der Waals surface area contributed by atoms with E-state index in [1.54, 1.807) is 16.7 Å². The number of carboxylic acids is 1. The van der Waals surface area contributed by atoms with E-state index in [0.29, 0.717) is 5.75 Å². The van der Waals surface area contributed by atoms with Crippen molar-refractivity contribution in [2.24, 2.45) is 5.41 Å². The summed E-state index contributed by atoms with van der Waals surface area (Å²) in [6, 6.07) is -0.661. The number of nitrogens with one attached hydrogen (secondary N) is 1. The first-order valence-corrected chi connectivity index (χ1v) is 8.44. The fourth-order valence-corrected chi connectivity index (χ4v) is 4.54. The summed E-state index contributed by atoms with van der Waals surface area (Å²) in [5.74, 6) is -0.315. The van der Waals surface area contributed by atoms with Crippen LogP contribution in [0.15, 0.2) is 0 Å².